The molecule has 6 nitrogen and oxygen atoms in total. The van der Waals surface area contributed by atoms with Crippen LogP contribution in [0.1, 0.15) is 58.3 Å². The lowest BCUT2D eigenvalue weighted by Gasteiger charge is -2.31. The molecule has 3 aliphatic rings. The van der Waals surface area contributed by atoms with E-state index < -0.39 is 11.5 Å². The summed E-state index contributed by atoms with van der Waals surface area (Å²) in [5.74, 6) is -0.475. The number of carbonyl (C=O) groups excluding carboxylic acids is 2. The summed E-state index contributed by atoms with van der Waals surface area (Å²) >= 11 is 0. The van der Waals surface area contributed by atoms with Crippen LogP contribution in [0, 0.1) is 5.92 Å². The maximum Gasteiger partial charge on any atom is 0.250 e. The van der Waals surface area contributed by atoms with Crippen LogP contribution in [-0.4, -0.2) is 42.8 Å². The van der Waals surface area contributed by atoms with E-state index in [1.165, 1.54) is 19.3 Å². The Morgan fingerprint density at radius 1 is 0.791 bits per heavy atom. The van der Waals surface area contributed by atoms with E-state index in [9.17, 15) is 9.59 Å². The van der Waals surface area contributed by atoms with Crippen molar-refractivity contribution in [3.63, 3.8) is 0 Å². The minimum absolute atomic E-state index is 0.0634. The molecule has 0 aromatic heterocycles. The molecule has 0 bridgehead atoms. The summed E-state index contributed by atoms with van der Waals surface area (Å²) in [4.78, 5) is 31.3. The van der Waals surface area contributed by atoms with E-state index in [0.29, 0.717) is 12.2 Å². The molecule has 4 atom stereocenters. The number of piperidine rings is 1. The van der Waals surface area contributed by atoms with Gasteiger partial charge in [0, 0.05) is 35.3 Å². The monoisotopic (exact) mass is 571 g/mol. The van der Waals surface area contributed by atoms with Gasteiger partial charge in [-0.1, -0.05) is 85.3 Å². The number of Topliss-reactive ketones (excluding diaryl/α,β-unsaturated/α-hetero) is 1. The van der Waals surface area contributed by atoms with Crippen LogP contribution in [0.25, 0.3) is 0 Å². The van der Waals surface area contributed by atoms with Crippen molar-refractivity contribution in [3.8, 4) is 5.75 Å². The van der Waals surface area contributed by atoms with E-state index in [2.05, 4.69) is 39.8 Å². The average molecular weight is 572 g/mol. The van der Waals surface area contributed by atoms with Crippen LogP contribution in [-0.2, 0) is 10.3 Å². The second-order valence-electron chi connectivity index (χ2n) is 11.9. The van der Waals surface area contributed by atoms with Crippen molar-refractivity contribution in [2.75, 3.05) is 31.6 Å². The van der Waals surface area contributed by atoms with Gasteiger partial charge < -0.3 is 10.1 Å². The number of fused-ring (bicyclic) bond motifs is 2. The van der Waals surface area contributed by atoms with E-state index in [-0.39, 0.29) is 23.7 Å². The van der Waals surface area contributed by atoms with Gasteiger partial charge in [-0.25, -0.2) is 0 Å². The van der Waals surface area contributed by atoms with Crippen molar-refractivity contribution in [2.45, 2.75) is 36.8 Å². The SMILES string of the molecule is O=C(c1ccc(OCCN2CCCCC2)cc1)C1[C@H](c2ccccc2)[C@@H](c2ccccc2)NC12C(=O)Nc1ccccc12. The molecule has 6 heteroatoms. The minimum Gasteiger partial charge on any atom is -0.492 e. The van der Waals surface area contributed by atoms with Gasteiger partial charge in [0.1, 0.15) is 17.9 Å². The molecule has 43 heavy (non-hydrogen) atoms. The van der Waals surface area contributed by atoms with Gasteiger partial charge >= 0.3 is 0 Å². The Balaban J connectivity index is 1.26. The number of ketones is 1. The number of para-hydroxylation sites is 1. The van der Waals surface area contributed by atoms with E-state index in [4.69, 9.17) is 4.74 Å². The molecule has 0 radical (unpaired) electrons. The number of anilines is 1. The number of rotatable bonds is 8. The number of carbonyl (C=O) groups is 2. The van der Waals surface area contributed by atoms with Crippen molar-refractivity contribution >= 4 is 17.4 Å². The van der Waals surface area contributed by atoms with Crippen LogP contribution < -0.4 is 15.4 Å². The molecule has 4 aromatic carbocycles. The van der Waals surface area contributed by atoms with E-state index in [1.807, 2.05) is 84.9 Å². The molecule has 218 valence electrons. The number of nitrogens with one attached hydrogen (secondary N) is 2. The van der Waals surface area contributed by atoms with Gasteiger partial charge in [-0.05, 0) is 67.4 Å². The zero-order valence-electron chi connectivity index (χ0n) is 24.2. The zero-order chi connectivity index (χ0) is 29.2. The molecule has 2 N–H and O–H groups in total. The molecule has 2 saturated heterocycles. The Morgan fingerprint density at radius 2 is 1.44 bits per heavy atom. The van der Waals surface area contributed by atoms with E-state index >= 15 is 0 Å². The summed E-state index contributed by atoms with van der Waals surface area (Å²) in [5, 5.41) is 6.84. The summed E-state index contributed by atoms with van der Waals surface area (Å²) < 4.78 is 6.06. The Bertz CT molecular complexity index is 1580. The number of benzene rings is 4. The molecule has 1 amide bonds. The van der Waals surface area contributed by atoms with Gasteiger partial charge in [0.2, 0.25) is 5.91 Å². The first-order chi connectivity index (χ1) is 21.1. The Hall–Kier alpha value is -4.26. The number of hydrogen-bond acceptors (Lipinski definition) is 5. The van der Waals surface area contributed by atoms with Crippen LogP contribution in [0.3, 0.4) is 0 Å². The van der Waals surface area contributed by atoms with Crippen LogP contribution in [0.5, 0.6) is 5.75 Å². The molecule has 7 rings (SSSR count). The third-order valence-corrected chi connectivity index (χ3v) is 9.42. The van der Waals surface area contributed by atoms with Gasteiger partial charge in [-0.15, -0.1) is 0 Å². The Kier molecular flexibility index (Phi) is 7.56. The Labute approximate surface area is 253 Å². The van der Waals surface area contributed by atoms with E-state index in [1.54, 1.807) is 0 Å². The van der Waals surface area contributed by atoms with Crippen molar-refractivity contribution < 1.29 is 14.3 Å². The summed E-state index contributed by atoms with van der Waals surface area (Å²) in [6.45, 7) is 3.80. The Morgan fingerprint density at radius 3 is 2.16 bits per heavy atom. The van der Waals surface area contributed by atoms with Crippen LogP contribution in [0.15, 0.2) is 109 Å². The van der Waals surface area contributed by atoms with Gasteiger partial charge in [0.15, 0.2) is 5.78 Å². The average Bonchev–Trinajstić information content (AvgIpc) is 3.57. The van der Waals surface area contributed by atoms with Gasteiger partial charge in [0.25, 0.3) is 0 Å². The minimum atomic E-state index is -1.22. The first-order valence-corrected chi connectivity index (χ1v) is 15.4. The highest BCUT2D eigenvalue weighted by atomic mass is 16.5. The molecular weight excluding hydrogens is 534 g/mol. The fraction of sp³-hybridized carbons (Fsp3) is 0.297. The van der Waals surface area contributed by atoms with Crippen LogP contribution >= 0.6 is 0 Å². The molecule has 2 fully saturated rings. The molecule has 0 aliphatic carbocycles. The van der Waals surface area contributed by atoms with Gasteiger partial charge in [-0.2, -0.15) is 0 Å². The summed E-state index contributed by atoms with van der Waals surface area (Å²) in [5.41, 5.74) is 2.97. The smallest absolute Gasteiger partial charge is 0.250 e. The highest BCUT2D eigenvalue weighted by molar-refractivity contribution is 6.12. The maximum absolute atomic E-state index is 14.8. The third-order valence-electron chi connectivity index (χ3n) is 9.42. The summed E-state index contributed by atoms with van der Waals surface area (Å²) in [6, 6.07) is 35.2. The molecule has 3 aliphatic heterocycles. The zero-order valence-corrected chi connectivity index (χ0v) is 24.2. The first kappa shape index (κ1) is 27.6. The van der Waals surface area contributed by atoms with Crippen LogP contribution in [0.4, 0.5) is 5.69 Å². The number of likely N-dealkylation sites (tertiary alicyclic amines) is 1. The second kappa shape index (κ2) is 11.8. The van der Waals surface area contributed by atoms with Crippen LogP contribution in [0.2, 0.25) is 0 Å². The summed E-state index contributed by atoms with van der Waals surface area (Å²) in [6.07, 6.45) is 3.83. The van der Waals surface area contributed by atoms with E-state index in [0.717, 1.165) is 47.8 Å². The molecule has 3 heterocycles. The maximum atomic E-state index is 14.8. The van der Waals surface area contributed by atoms with Crippen molar-refractivity contribution in [1.29, 1.82) is 0 Å². The normalized spacial score (nSPS) is 24.9. The van der Waals surface area contributed by atoms with Crippen molar-refractivity contribution in [3.05, 3.63) is 131 Å². The predicted octanol–water partition coefficient (Wildman–Crippen LogP) is 6.33. The van der Waals surface area contributed by atoms with Crippen molar-refractivity contribution in [2.24, 2.45) is 5.92 Å². The lowest BCUT2D eigenvalue weighted by atomic mass is 9.69. The van der Waals surface area contributed by atoms with Crippen molar-refractivity contribution in [1.82, 2.24) is 10.2 Å². The third kappa shape index (κ3) is 5.05. The highest BCUT2D eigenvalue weighted by Crippen LogP contribution is 2.57. The number of nitrogens with zero attached hydrogens (tertiary/aromatic N) is 1. The quantitative estimate of drug-likeness (QED) is 0.242. The summed E-state index contributed by atoms with van der Waals surface area (Å²) in [7, 11) is 0. The lowest BCUT2D eigenvalue weighted by Crippen LogP contribution is -2.50. The highest BCUT2D eigenvalue weighted by Gasteiger charge is 2.64. The van der Waals surface area contributed by atoms with Gasteiger partial charge in [0.05, 0.1) is 5.92 Å². The topological polar surface area (TPSA) is 70.7 Å². The number of hydrogen-bond donors (Lipinski definition) is 2. The fourth-order valence-electron chi connectivity index (χ4n) is 7.36. The van der Waals surface area contributed by atoms with Gasteiger partial charge in [-0.3, -0.25) is 19.8 Å². The fourth-order valence-corrected chi connectivity index (χ4v) is 7.36. The first-order valence-electron chi connectivity index (χ1n) is 15.4. The second-order valence-corrected chi connectivity index (χ2v) is 11.9. The number of amides is 1. The lowest BCUT2D eigenvalue weighted by molar-refractivity contribution is -0.122. The molecular formula is C37H37N3O3. The molecule has 1 spiro atoms. The number of ether oxygens (including phenoxy) is 1. The molecule has 2 unspecified atom stereocenters. The molecule has 4 aromatic rings. The standard InChI is InChI=1S/C37H37N3O3/c41-35(28-18-20-29(21-19-28)43-25-24-40-22-10-3-11-23-40)33-32(26-12-4-1-5-13-26)34(27-14-6-2-7-15-27)39-37(33)30-16-8-9-17-31(30)38-36(37)42/h1-2,4-9,12-21,32-34,39H,3,10-11,22-25H2,(H,38,42)/t32-,33?,34+,37?/m0/s1. The predicted molar refractivity (Wildman–Crippen MR) is 168 cm³/mol. The largest absolute Gasteiger partial charge is 0.492 e. The molecule has 0 saturated carbocycles.